The summed E-state index contributed by atoms with van der Waals surface area (Å²) in [7, 11) is 0. The number of amides is 1. The van der Waals surface area contributed by atoms with Gasteiger partial charge < -0.3 is 4.74 Å². The van der Waals surface area contributed by atoms with Crippen LogP contribution >= 0.6 is 0 Å². The van der Waals surface area contributed by atoms with Gasteiger partial charge in [0, 0.05) is 12.3 Å². The highest BCUT2D eigenvalue weighted by molar-refractivity contribution is 5.94. The SMILES string of the molecule is O=C(NN(c1ccc(C(F)(F)F)cc1)c1ccc(OC(F)C(F)(F)F)nc1)c1ccncn1. The van der Waals surface area contributed by atoms with E-state index in [1.54, 1.807) is 0 Å². The van der Waals surface area contributed by atoms with E-state index < -0.39 is 36.1 Å². The molecule has 0 aliphatic rings. The van der Waals surface area contributed by atoms with E-state index in [-0.39, 0.29) is 17.1 Å². The fraction of sp³-hybridized carbons (Fsp3) is 0.158. The van der Waals surface area contributed by atoms with Gasteiger partial charge in [-0.25, -0.2) is 15.0 Å². The summed E-state index contributed by atoms with van der Waals surface area (Å²) in [6, 6.07) is 6.91. The first kappa shape index (κ1) is 23.7. The standard InChI is InChI=1S/C19H12F7N5O2/c20-17(19(24,25)26)33-15-6-5-13(9-28-15)31(30-16(32)14-7-8-27-10-29-14)12-3-1-11(2-4-12)18(21,22)23/h1-10,17H,(H,30,32). The van der Waals surface area contributed by atoms with E-state index in [1.165, 1.54) is 12.3 Å². The minimum absolute atomic E-state index is 0.00642. The monoisotopic (exact) mass is 475 g/mol. The van der Waals surface area contributed by atoms with Gasteiger partial charge in [0.2, 0.25) is 5.88 Å². The number of rotatable bonds is 6. The summed E-state index contributed by atoms with van der Waals surface area (Å²) < 4.78 is 92.7. The summed E-state index contributed by atoms with van der Waals surface area (Å²) in [5.74, 6) is -1.49. The topological polar surface area (TPSA) is 80.2 Å². The molecule has 33 heavy (non-hydrogen) atoms. The molecule has 3 aromatic rings. The van der Waals surface area contributed by atoms with Gasteiger partial charge >= 0.3 is 18.7 Å². The van der Waals surface area contributed by atoms with Gasteiger partial charge in [-0.2, -0.15) is 30.7 Å². The molecule has 0 aliphatic heterocycles. The van der Waals surface area contributed by atoms with Crippen LogP contribution in [0, 0.1) is 0 Å². The number of halogens is 7. The Bertz CT molecular complexity index is 1070. The molecule has 2 heterocycles. The number of nitrogens with zero attached hydrogens (tertiary/aromatic N) is 4. The molecule has 0 fully saturated rings. The van der Waals surface area contributed by atoms with Crippen LogP contribution < -0.4 is 15.2 Å². The molecule has 1 N–H and O–H groups in total. The third-order valence-electron chi connectivity index (χ3n) is 3.94. The number of carbonyl (C=O) groups excluding carboxylic acids is 1. The summed E-state index contributed by atoms with van der Waals surface area (Å²) in [6.45, 7) is 0. The van der Waals surface area contributed by atoms with E-state index in [1.807, 2.05) is 0 Å². The maximum Gasteiger partial charge on any atom is 0.457 e. The van der Waals surface area contributed by atoms with Crippen molar-refractivity contribution in [2.24, 2.45) is 0 Å². The highest BCUT2D eigenvalue weighted by Gasteiger charge is 2.42. The molecule has 3 rings (SSSR count). The minimum Gasteiger partial charge on any atom is -0.434 e. The molecule has 2 aromatic heterocycles. The number of benzene rings is 1. The number of hydrogen-bond acceptors (Lipinski definition) is 6. The molecular formula is C19H12F7N5O2. The van der Waals surface area contributed by atoms with Crippen LogP contribution in [0.1, 0.15) is 16.1 Å². The fourth-order valence-corrected chi connectivity index (χ4v) is 2.41. The average molecular weight is 475 g/mol. The molecule has 1 unspecified atom stereocenters. The minimum atomic E-state index is -5.27. The molecule has 7 nitrogen and oxygen atoms in total. The van der Waals surface area contributed by atoms with Crippen LogP contribution in [0.25, 0.3) is 0 Å². The van der Waals surface area contributed by atoms with Gasteiger partial charge in [-0.1, -0.05) is 0 Å². The van der Waals surface area contributed by atoms with Crippen molar-refractivity contribution in [3.05, 3.63) is 72.4 Å². The maximum atomic E-state index is 13.1. The summed E-state index contributed by atoms with van der Waals surface area (Å²) >= 11 is 0. The van der Waals surface area contributed by atoms with Gasteiger partial charge in [0.1, 0.15) is 12.0 Å². The molecule has 174 valence electrons. The van der Waals surface area contributed by atoms with Crippen LogP contribution in [0.4, 0.5) is 42.1 Å². The lowest BCUT2D eigenvalue weighted by Gasteiger charge is -2.25. The Balaban J connectivity index is 1.90. The van der Waals surface area contributed by atoms with E-state index in [9.17, 15) is 35.5 Å². The third kappa shape index (κ3) is 6.05. The van der Waals surface area contributed by atoms with Crippen LogP contribution in [0.5, 0.6) is 5.88 Å². The number of hydrogen-bond donors (Lipinski definition) is 1. The summed E-state index contributed by atoms with van der Waals surface area (Å²) in [5, 5.41) is 1.01. The van der Waals surface area contributed by atoms with Crippen molar-refractivity contribution in [3.8, 4) is 5.88 Å². The van der Waals surface area contributed by atoms with Crippen molar-refractivity contribution < 1.29 is 40.3 Å². The van der Waals surface area contributed by atoms with Gasteiger partial charge in [-0.15, -0.1) is 0 Å². The number of aromatic nitrogens is 3. The van der Waals surface area contributed by atoms with Gasteiger partial charge in [0.25, 0.3) is 5.91 Å². The van der Waals surface area contributed by atoms with E-state index in [0.29, 0.717) is 0 Å². The van der Waals surface area contributed by atoms with E-state index in [0.717, 1.165) is 53.9 Å². The zero-order chi connectivity index (χ0) is 24.2. The first-order valence-electron chi connectivity index (χ1n) is 8.83. The van der Waals surface area contributed by atoms with E-state index in [4.69, 9.17) is 0 Å². The van der Waals surface area contributed by atoms with Gasteiger partial charge in [-0.3, -0.25) is 15.2 Å². The van der Waals surface area contributed by atoms with Crippen LogP contribution in [0.3, 0.4) is 0 Å². The second kappa shape index (κ2) is 9.26. The molecule has 0 radical (unpaired) electrons. The molecule has 0 spiro atoms. The Morgan fingerprint density at radius 2 is 1.61 bits per heavy atom. The number of anilines is 2. The van der Waals surface area contributed by atoms with Crippen LogP contribution in [-0.2, 0) is 6.18 Å². The Kier molecular flexibility index (Phi) is 6.65. The molecule has 0 saturated carbocycles. The summed E-state index contributed by atoms with van der Waals surface area (Å²) in [4.78, 5) is 23.5. The quantitative estimate of drug-likeness (QED) is 0.415. The number of alkyl halides is 7. The molecule has 0 saturated heterocycles. The predicted octanol–water partition coefficient (Wildman–Crippen LogP) is 4.61. The average Bonchev–Trinajstić information content (AvgIpc) is 2.77. The number of ether oxygens (including phenoxy) is 1. The third-order valence-corrected chi connectivity index (χ3v) is 3.94. The Hall–Kier alpha value is -3.97. The van der Waals surface area contributed by atoms with Crippen LogP contribution in [0.15, 0.2) is 61.2 Å². The van der Waals surface area contributed by atoms with Crippen LogP contribution in [-0.4, -0.2) is 33.4 Å². The number of nitrogens with one attached hydrogen (secondary N) is 1. The largest absolute Gasteiger partial charge is 0.457 e. The van der Waals surface area contributed by atoms with Crippen molar-refractivity contribution >= 4 is 17.3 Å². The Labute approximate surface area is 180 Å². The summed E-state index contributed by atoms with van der Waals surface area (Å²) in [5.41, 5.74) is 1.41. The first-order chi connectivity index (χ1) is 15.4. The smallest absolute Gasteiger partial charge is 0.434 e. The second-order valence-electron chi connectivity index (χ2n) is 6.25. The lowest BCUT2D eigenvalue weighted by molar-refractivity contribution is -0.237. The zero-order valence-corrected chi connectivity index (χ0v) is 16.1. The van der Waals surface area contributed by atoms with Crippen molar-refractivity contribution in [3.63, 3.8) is 0 Å². The van der Waals surface area contributed by atoms with Crippen molar-refractivity contribution in [2.45, 2.75) is 18.7 Å². The predicted molar refractivity (Wildman–Crippen MR) is 98.9 cm³/mol. The van der Waals surface area contributed by atoms with Crippen molar-refractivity contribution in [1.29, 1.82) is 0 Å². The fourth-order valence-electron chi connectivity index (χ4n) is 2.41. The van der Waals surface area contributed by atoms with Crippen molar-refractivity contribution in [2.75, 3.05) is 5.01 Å². The molecule has 1 amide bonds. The first-order valence-corrected chi connectivity index (χ1v) is 8.83. The molecular weight excluding hydrogens is 463 g/mol. The second-order valence-corrected chi connectivity index (χ2v) is 6.25. The van der Waals surface area contributed by atoms with Crippen molar-refractivity contribution in [1.82, 2.24) is 20.4 Å². The van der Waals surface area contributed by atoms with Crippen LogP contribution in [0.2, 0.25) is 0 Å². The van der Waals surface area contributed by atoms with Gasteiger partial charge in [-0.05, 0) is 36.4 Å². The number of hydrazine groups is 1. The molecule has 0 bridgehead atoms. The van der Waals surface area contributed by atoms with E-state index >= 15 is 0 Å². The number of pyridine rings is 1. The normalized spacial score (nSPS) is 12.7. The Morgan fingerprint density at radius 3 is 2.12 bits per heavy atom. The maximum absolute atomic E-state index is 13.1. The van der Waals surface area contributed by atoms with Gasteiger partial charge in [0.05, 0.1) is 23.1 Å². The molecule has 14 heteroatoms. The summed E-state index contributed by atoms with van der Waals surface area (Å²) in [6.07, 6.45) is -10.2. The molecule has 1 atom stereocenters. The molecule has 1 aromatic carbocycles. The molecule has 0 aliphatic carbocycles. The highest BCUT2D eigenvalue weighted by atomic mass is 19.4. The lowest BCUT2D eigenvalue weighted by atomic mass is 10.2. The van der Waals surface area contributed by atoms with Gasteiger partial charge in [0.15, 0.2) is 0 Å². The highest BCUT2D eigenvalue weighted by Crippen LogP contribution is 2.32. The zero-order valence-electron chi connectivity index (χ0n) is 16.1. The Morgan fingerprint density at radius 1 is 0.939 bits per heavy atom. The lowest BCUT2D eigenvalue weighted by Crippen LogP contribution is -2.39. The number of carbonyl (C=O) groups is 1. The van der Waals surface area contributed by atoms with E-state index in [2.05, 4.69) is 25.1 Å².